The Bertz CT molecular complexity index is 419. The van der Waals surface area contributed by atoms with E-state index in [1.165, 1.54) is 12.1 Å². The fraction of sp³-hybridized carbons (Fsp3) is 0.625. The van der Waals surface area contributed by atoms with Crippen LogP contribution in [-0.4, -0.2) is 42.4 Å². The van der Waals surface area contributed by atoms with Crippen LogP contribution in [0.25, 0.3) is 0 Å². The number of ether oxygens (including phenoxy) is 1. The van der Waals surface area contributed by atoms with Crippen LogP contribution in [0.1, 0.15) is 26.7 Å². The molecule has 0 aromatic heterocycles. The van der Waals surface area contributed by atoms with Gasteiger partial charge in [-0.05, 0) is 42.5 Å². The van der Waals surface area contributed by atoms with Crippen LogP contribution < -0.4 is 4.74 Å². The van der Waals surface area contributed by atoms with Gasteiger partial charge in [0.25, 0.3) is 0 Å². The highest BCUT2D eigenvalue weighted by molar-refractivity contribution is 5.21. The van der Waals surface area contributed by atoms with E-state index in [0.29, 0.717) is 12.4 Å². The van der Waals surface area contributed by atoms with Crippen molar-refractivity contribution < 1.29 is 14.2 Å². The zero-order valence-electron chi connectivity index (χ0n) is 12.3. The van der Waals surface area contributed by atoms with Crippen LogP contribution in [0, 0.1) is 11.2 Å². The Kier molecular flexibility index (Phi) is 5.00. The minimum Gasteiger partial charge on any atom is -0.492 e. The first-order valence-corrected chi connectivity index (χ1v) is 7.23. The minimum atomic E-state index is -0.249. The first kappa shape index (κ1) is 15.3. The number of hydrogen-bond acceptors (Lipinski definition) is 3. The quantitative estimate of drug-likeness (QED) is 0.921. The average molecular weight is 281 g/mol. The van der Waals surface area contributed by atoms with Gasteiger partial charge in [-0.25, -0.2) is 4.39 Å². The van der Waals surface area contributed by atoms with E-state index < -0.39 is 0 Å². The molecule has 4 heteroatoms. The van der Waals surface area contributed by atoms with Crippen LogP contribution in [-0.2, 0) is 0 Å². The third-order valence-electron chi connectivity index (χ3n) is 3.71. The molecule has 0 aliphatic carbocycles. The van der Waals surface area contributed by atoms with Crippen molar-refractivity contribution in [2.45, 2.75) is 32.8 Å². The summed E-state index contributed by atoms with van der Waals surface area (Å²) in [5, 5.41) is 9.88. The molecule has 0 unspecified atom stereocenters. The number of likely N-dealkylation sites (tertiary alicyclic amines) is 1. The zero-order chi connectivity index (χ0) is 14.6. The molecular formula is C16H24FNO2. The number of nitrogens with zero attached hydrogens (tertiary/aromatic N) is 1. The van der Waals surface area contributed by atoms with Gasteiger partial charge in [0.1, 0.15) is 18.2 Å². The third-order valence-corrected chi connectivity index (χ3v) is 3.71. The molecule has 1 aliphatic heterocycles. The van der Waals surface area contributed by atoms with Crippen molar-refractivity contribution in [3.8, 4) is 5.75 Å². The number of rotatable bonds is 4. The molecule has 3 nitrogen and oxygen atoms in total. The van der Waals surface area contributed by atoms with Gasteiger partial charge in [-0.15, -0.1) is 0 Å². The second kappa shape index (κ2) is 6.55. The van der Waals surface area contributed by atoms with Gasteiger partial charge in [0, 0.05) is 19.6 Å². The Morgan fingerprint density at radius 1 is 1.35 bits per heavy atom. The predicted molar refractivity (Wildman–Crippen MR) is 77.4 cm³/mol. The molecule has 2 rings (SSSR count). The Labute approximate surface area is 120 Å². The Hall–Kier alpha value is -1.13. The molecule has 1 aromatic rings. The topological polar surface area (TPSA) is 32.7 Å². The van der Waals surface area contributed by atoms with E-state index in [0.717, 1.165) is 32.5 Å². The van der Waals surface area contributed by atoms with Gasteiger partial charge in [0.05, 0.1) is 6.10 Å². The molecule has 1 aliphatic rings. The van der Waals surface area contributed by atoms with Crippen molar-refractivity contribution in [1.82, 2.24) is 4.90 Å². The van der Waals surface area contributed by atoms with Crippen molar-refractivity contribution >= 4 is 0 Å². The van der Waals surface area contributed by atoms with E-state index in [4.69, 9.17) is 4.74 Å². The molecule has 0 saturated carbocycles. The molecule has 20 heavy (non-hydrogen) atoms. The normalized spacial score (nSPS) is 23.3. The van der Waals surface area contributed by atoms with Gasteiger partial charge in [-0.2, -0.15) is 0 Å². The maximum Gasteiger partial charge on any atom is 0.123 e. The van der Waals surface area contributed by atoms with E-state index in [1.807, 2.05) is 0 Å². The fourth-order valence-electron chi connectivity index (χ4n) is 2.83. The van der Waals surface area contributed by atoms with E-state index in [2.05, 4.69) is 18.7 Å². The highest BCUT2D eigenvalue weighted by atomic mass is 19.1. The number of hydrogen-bond donors (Lipinski definition) is 1. The summed E-state index contributed by atoms with van der Waals surface area (Å²) in [5.41, 5.74) is 0.131. The van der Waals surface area contributed by atoms with Gasteiger partial charge in [-0.1, -0.05) is 13.8 Å². The zero-order valence-corrected chi connectivity index (χ0v) is 12.3. The monoisotopic (exact) mass is 281 g/mol. The van der Waals surface area contributed by atoms with Crippen LogP contribution in [0.3, 0.4) is 0 Å². The molecule has 112 valence electrons. The molecule has 0 radical (unpaired) electrons. The summed E-state index contributed by atoms with van der Waals surface area (Å²) in [4.78, 5) is 2.33. The maximum atomic E-state index is 12.8. The van der Waals surface area contributed by atoms with Gasteiger partial charge in [0.2, 0.25) is 0 Å². The largest absolute Gasteiger partial charge is 0.492 e. The summed E-state index contributed by atoms with van der Waals surface area (Å²) in [6.07, 6.45) is 1.47. The van der Waals surface area contributed by atoms with E-state index in [9.17, 15) is 9.50 Å². The smallest absolute Gasteiger partial charge is 0.123 e. The third kappa shape index (κ3) is 4.76. The molecular weight excluding hydrogens is 257 g/mol. The van der Waals surface area contributed by atoms with Crippen LogP contribution in [0.4, 0.5) is 4.39 Å². The number of benzene rings is 1. The van der Waals surface area contributed by atoms with Gasteiger partial charge in [0.15, 0.2) is 0 Å². The molecule has 1 saturated heterocycles. The van der Waals surface area contributed by atoms with Gasteiger partial charge in [-0.3, -0.25) is 4.90 Å². The predicted octanol–water partition coefficient (Wildman–Crippen LogP) is 2.69. The fourth-order valence-corrected chi connectivity index (χ4v) is 2.83. The summed E-state index contributed by atoms with van der Waals surface area (Å²) < 4.78 is 18.4. The van der Waals surface area contributed by atoms with Crippen LogP contribution >= 0.6 is 0 Å². The highest BCUT2D eigenvalue weighted by Gasteiger charge is 2.28. The lowest BCUT2D eigenvalue weighted by Crippen LogP contribution is -2.35. The SMILES string of the molecule is CC1(C)C[C@H](O)CCN(CCOc2ccc(F)cc2)C1. The van der Waals surface area contributed by atoms with Crippen molar-refractivity contribution in [2.24, 2.45) is 5.41 Å². The Morgan fingerprint density at radius 3 is 2.75 bits per heavy atom. The average Bonchev–Trinajstić information content (AvgIpc) is 2.49. The lowest BCUT2D eigenvalue weighted by molar-refractivity contribution is 0.120. The minimum absolute atomic E-state index is 0.131. The molecule has 1 aromatic carbocycles. The summed E-state index contributed by atoms with van der Waals surface area (Å²) in [5.74, 6) is 0.445. The molecule has 0 amide bonds. The lowest BCUT2D eigenvalue weighted by Gasteiger charge is -2.29. The molecule has 1 N–H and O–H groups in total. The summed E-state index contributed by atoms with van der Waals surface area (Å²) in [6, 6.07) is 6.10. The molecule has 1 fully saturated rings. The van der Waals surface area contributed by atoms with E-state index >= 15 is 0 Å². The van der Waals surface area contributed by atoms with Gasteiger partial charge < -0.3 is 9.84 Å². The molecule has 1 atom stereocenters. The van der Waals surface area contributed by atoms with E-state index in [-0.39, 0.29) is 17.3 Å². The molecule has 1 heterocycles. The van der Waals surface area contributed by atoms with Crippen molar-refractivity contribution in [1.29, 1.82) is 0 Å². The van der Waals surface area contributed by atoms with Crippen LogP contribution in [0.2, 0.25) is 0 Å². The summed E-state index contributed by atoms with van der Waals surface area (Å²) >= 11 is 0. The standard InChI is InChI=1S/C16H24FNO2/c1-16(2)11-14(19)7-8-18(12-16)9-10-20-15-5-3-13(17)4-6-15/h3-6,14,19H,7-12H2,1-2H3/t14-/m1/s1. The van der Waals surface area contributed by atoms with Gasteiger partial charge >= 0.3 is 0 Å². The highest BCUT2D eigenvalue weighted by Crippen LogP contribution is 2.28. The van der Waals surface area contributed by atoms with Crippen molar-refractivity contribution in [2.75, 3.05) is 26.2 Å². The number of aliphatic hydroxyl groups is 1. The van der Waals surface area contributed by atoms with E-state index in [1.54, 1.807) is 12.1 Å². The second-order valence-corrected chi connectivity index (χ2v) is 6.39. The first-order chi connectivity index (χ1) is 9.44. The number of aliphatic hydroxyl groups excluding tert-OH is 1. The summed E-state index contributed by atoms with van der Waals surface area (Å²) in [6.45, 7) is 7.66. The second-order valence-electron chi connectivity index (χ2n) is 6.39. The first-order valence-electron chi connectivity index (χ1n) is 7.23. The maximum absolute atomic E-state index is 12.8. The van der Waals surface area contributed by atoms with Crippen molar-refractivity contribution in [3.05, 3.63) is 30.1 Å². The number of halogens is 1. The summed E-state index contributed by atoms with van der Waals surface area (Å²) in [7, 11) is 0. The van der Waals surface area contributed by atoms with Crippen LogP contribution in [0.5, 0.6) is 5.75 Å². The lowest BCUT2D eigenvalue weighted by atomic mass is 9.87. The molecule has 0 spiro atoms. The van der Waals surface area contributed by atoms with Crippen molar-refractivity contribution in [3.63, 3.8) is 0 Å². The Balaban J connectivity index is 1.79. The Morgan fingerprint density at radius 2 is 2.05 bits per heavy atom. The van der Waals surface area contributed by atoms with Crippen LogP contribution in [0.15, 0.2) is 24.3 Å². The molecule has 0 bridgehead atoms.